The van der Waals surface area contributed by atoms with Gasteiger partial charge in [-0.05, 0) is 25.1 Å². The standard InChI is InChI=1S/C19H17N5S2/c1-13-6-5-7-14(10-13)18-21-15(11-25-18)12-26-19-23-22-17(24(19)2)16-8-3-4-9-20-16/h3-11H,12H2,1-2H3. The maximum absolute atomic E-state index is 4.76. The molecule has 1 aromatic carbocycles. The summed E-state index contributed by atoms with van der Waals surface area (Å²) in [6, 6.07) is 14.2. The van der Waals surface area contributed by atoms with Crippen molar-refractivity contribution in [1.29, 1.82) is 0 Å². The second kappa shape index (κ2) is 7.39. The Morgan fingerprint density at radius 3 is 2.85 bits per heavy atom. The predicted molar refractivity (Wildman–Crippen MR) is 106 cm³/mol. The number of thioether (sulfide) groups is 1. The van der Waals surface area contributed by atoms with Crippen molar-refractivity contribution in [2.75, 3.05) is 0 Å². The molecule has 0 N–H and O–H groups in total. The van der Waals surface area contributed by atoms with E-state index in [1.807, 2.05) is 29.8 Å². The highest BCUT2D eigenvalue weighted by Crippen LogP contribution is 2.28. The van der Waals surface area contributed by atoms with Crippen molar-refractivity contribution >= 4 is 23.1 Å². The summed E-state index contributed by atoms with van der Waals surface area (Å²) in [4.78, 5) is 9.10. The van der Waals surface area contributed by atoms with Gasteiger partial charge in [0.05, 0.1) is 5.69 Å². The number of aryl methyl sites for hydroxylation is 1. The fraction of sp³-hybridized carbons (Fsp3) is 0.158. The van der Waals surface area contributed by atoms with Gasteiger partial charge in [-0.15, -0.1) is 21.5 Å². The van der Waals surface area contributed by atoms with Crippen molar-refractivity contribution in [2.24, 2.45) is 7.05 Å². The van der Waals surface area contributed by atoms with Crippen LogP contribution in [-0.4, -0.2) is 24.7 Å². The van der Waals surface area contributed by atoms with E-state index in [9.17, 15) is 0 Å². The summed E-state index contributed by atoms with van der Waals surface area (Å²) < 4.78 is 1.97. The molecule has 26 heavy (non-hydrogen) atoms. The summed E-state index contributed by atoms with van der Waals surface area (Å²) in [5.74, 6) is 1.53. The van der Waals surface area contributed by atoms with Gasteiger partial charge in [0.15, 0.2) is 11.0 Å². The Morgan fingerprint density at radius 1 is 1.12 bits per heavy atom. The van der Waals surface area contributed by atoms with E-state index in [4.69, 9.17) is 4.98 Å². The van der Waals surface area contributed by atoms with Gasteiger partial charge < -0.3 is 4.57 Å². The highest BCUT2D eigenvalue weighted by atomic mass is 32.2. The summed E-state index contributed by atoms with van der Waals surface area (Å²) in [7, 11) is 1.96. The zero-order chi connectivity index (χ0) is 17.9. The van der Waals surface area contributed by atoms with Gasteiger partial charge in [0.1, 0.15) is 10.7 Å². The van der Waals surface area contributed by atoms with Gasteiger partial charge >= 0.3 is 0 Å². The summed E-state index contributed by atoms with van der Waals surface area (Å²) in [6.07, 6.45) is 1.76. The second-order valence-electron chi connectivity index (χ2n) is 5.88. The first-order chi connectivity index (χ1) is 12.7. The Balaban J connectivity index is 1.48. The first kappa shape index (κ1) is 16.9. The van der Waals surface area contributed by atoms with E-state index in [0.29, 0.717) is 0 Å². The number of thiazole rings is 1. The quantitative estimate of drug-likeness (QED) is 0.474. The number of benzene rings is 1. The molecule has 0 saturated heterocycles. The molecular weight excluding hydrogens is 362 g/mol. The van der Waals surface area contributed by atoms with Crippen LogP contribution in [0.3, 0.4) is 0 Å². The number of hydrogen-bond acceptors (Lipinski definition) is 6. The largest absolute Gasteiger partial charge is 0.304 e. The summed E-state index contributed by atoms with van der Waals surface area (Å²) >= 11 is 3.31. The molecule has 0 aliphatic carbocycles. The van der Waals surface area contributed by atoms with Crippen LogP contribution in [-0.2, 0) is 12.8 Å². The molecule has 5 nitrogen and oxygen atoms in total. The minimum Gasteiger partial charge on any atom is -0.304 e. The lowest BCUT2D eigenvalue weighted by molar-refractivity contribution is 0.792. The Morgan fingerprint density at radius 2 is 2.04 bits per heavy atom. The molecule has 0 bridgehead atoms. The predicted octanol–water partition coefficient (Wildman–Crippen LogP) is 4.60. The summed E-state index contributed by atoms with van der Waals surface area (Å²) in [6.45, 7) is 2.10. The molecule has 0 unspecified atom stereocenters. The summed E-state index contributed by atoms with van der Waals surface area (Å²) in [5, 5.41) is 12.6. The second-order valence-corrected chi connectivity index (χ2v) is 7.68. The Labute approximate surface area is 160 Å². The van der Waals surface area contributed by atoms with Crippen molar-refractivity contribution in [1.82, 2.24) is 24.7 Å². The maximum atomic E-state index is 4.76. The molecule has 3 aromatic heterocycles. The number of hydrogen-bond donors (Lipinski definition) is 0. The Kier molecular flexibility index (Phi) is 4.81. The van der Waals surface area contributed by atoms with Crippen LogP contribution in [0.2, 0.25) is 0 Å². The van der Waals surface area contributed by atoms with Gasteiger partial charge in [0.25, 0.3) is 0 Å². The minimum atomic E-state index is 0.760. The SMILES string of the molecule is Cc1cccc(-c2nc(CSc3nnc(-c4ccccn4)n3C)cs2)c1. The molecule has 130 valence electrons. The fourth-order valence-electron chi connectivity index (χ4n) is 2.58. The van der Waals surface area contributed by atoms with E-state index in [-0.39, 0.29) is 0 Å². The van der Waals surface area contributed by atoms with E-state index in [1.54, 1.807) is 29.3 Å². The first-order valence-electron chi connectivity index (χ1n) is 8.16. The number of rotatable bonds is 5. The molecular formula is C19H17N5S2. The van der Waals surface area contributed by atoms with Crippen LogP contribution in [0.15, 0.2) is 59.2 Å². The Bertz CT molecular complexity index is 1020. The molecule has 0 aliphatic rings. The zero-order valence-corrected chi connectivity index (χ0v) is 16.1. The van der Waals surface area contributed by atoms with Crippen LogP contribution < -0.4 is 0 Å². The molecule has 4 aromatic rings. The average Bonchev–Trinajstić information content (AvgIpc) is 3.28. The van der Waals surface area contributed by atoms with Crippen molar-refractivity contribution in [2.45, 2.75) is 17.8 Å². The normalized spacial score (nSPS) is 11.0. The smallest absolute Gasteiger partial charge is 0.191 e. The fourth-order valence-corrected chi connectivity index (χ4v) is 4.31. The zero-order valence-electron chi connectivity index (χ0n) is 14.5. The highest BCUT2D eigenvalue weighted by Gasteiger charge is 2.13. The molecule has 0 atom stereocenters. The number of pyridine rings is 1. The van der Waals surface area contributed by atoms with Crippen LogP contribution in [0.5, 0.6) is 0 Å². The van der Waals surface area contributed by atoms with Gasteiger partial charge in [-0.1, -0.05) is 41.6 Å². The maximum Gasteiger partial charge on any atom is 0.191 e. The summed E-state index contributed by atoms with van der Waals surface area (Å²) in [5.41, 5.74) is 4.29. The van der Waals surface area contributed by atoms with Gasteiger partial charge in [-0.3, -0.25) is 4.98 Å². The number of nitrogens with zero attached hydrogens (tertiary/aromatic N) is 5. The monoisotopic (exact) mass is 379 g/mol. The van der Waals surface area contributed by atoms with Gasteiger partial charge in [0.2, 0.25) is 0 Å². The molecule has 4 rings (SSSR count). The van der Waals surface area contributed by atoms with Gasteiger partial charge in [-0.2, -0.15) is 0 Å². The van der Waals surface area contributed by atoms with Crippen LogP contribution in [0.4, 0.5) is 0 Å². The molecule has 0 radical (unpaired) electrons. The highest BCUT2D eigenvalue weighted by molar-refractivity contribution is 7.98. The molecule has 3 heterocycles. The van der Waals surface area contributed by atoms with Gasteiger partial charge in [-0.25, -0.2) is 4.98 Å². The van der Waals surface area contributed by atoms with E-state index in [2.05, 4.69) is 51.8 Å². The third-order valence-electron chi connectivity index (χ3n) is 3.89. The lowest BCUT2D eigenvalue weighted by Crippen LogP contribution is -1.96. The molecule has 7 heteroatoms. The van der Waals surface area contributed by atoms with Crippen molar-refractivity contribution in [3.63, 3.8) is 0 Å². The van der Waals surface area contributed by atoms with Crippen LogP contribution in [0.1, 0.15) is 11.3 Å². The van der Waals surface area contributed by atoms with E-state index < -0.39 is 0 Å². The van der Waals surface area contributed by atoms with Crippen molar-refractivity contribution in [3.8, 4) is 22.1 Å². The molecule has 0 aliphatic heterocycles. The molecule has 0 fully saturated rings. The molecule has 0 saturated carbocycles. The first-order valence-corrected chi connectivity index (χ1v) is 10.0. The topological polar surface area (TPSA) is 56.5 Å². The van der Waals surface area contributed by atoms with Gasteiger partial charge in [0, 0.05) is 29.9 Å². The molecule has 0 spiro atoms. The van der Waals surface area contributed by atoms with Crippen LogP contribution >= 0.6 is 23.1 Å². The van der Waals surface area contributed by atoms with E-state index in [0.717, 1.165) is 33.1 Å². The molecule has 0 amide bonds. The van der Waals surface area contributed by atoms with Crippen LogP contribution in [0.25, 0.3) is 22.1 Å². The third-order valence-corrected chi connectivity index (χ3v) is 5.89. The average molecular weight is 380 g/mol. The van der Waals surface area contributed by atoms with Crippen molar-refractivity contribution in [3.05, 3.63) is 65.3 Å². The van der Waals surface area contributed by atoms with E-state index >= 15 is 0 Å². The van der Waals surface area contributed by atoms with Crippen molar-refractivity contribution < 1.29 is 0 Å². The number of aromatic nitrogens is 5. The minimum absolute atomic E-state index is 0.760. The Hall–Kier alpha value is -2.51. The third kappa shape index (κ3) is 3.54. The van der Waals surface area contributed by atoms with Crippen LogP contribution in [0, 0.1) is 6.92 Å². The van der Waals surface area contributed by atoms with E-state index in [1.165, 1.54) is 11.1 Å². The lowest BCUT2D eigenvalue weighted by atomic mass is 10.1. The lowest BCUT2D eigenvalue weighted by Gasteiger charge is -2.02.